The predicted octanol–water partition coefficient (Wildman–Crippen LogP) is 1.71. The Kier molecular flexibility index (Phi) is 8.04. The number of sulfonamides is 1. The Morgan fingerprint density at radius 1 is 1.27 bits per heavy atom. The average Bonchev–Trinajstić information content (AvgIpc) is 2.60. The number of nitrogens with one attached hydrogen (secondary N) is 1. The van der Waals surface area contributed by atoms with Crippen molar-refractivity contribution in [2.45, 2.75) is 44.6 Å². The van der Waals surface area contributed by atoms with Crippen molar-refractivity contribution < 1.29 is 27.9 Å². The highest BCUT2D eigenvalue weighted by Crippen LogP contribution is 2.24. The van der Waals surface area contributed by atoms with Crippen molar-refractivity contribution in [2.24, 2.45) is 0 Å². The van der Waals surface area contributed by atoms with Crippen LogP contribution in [0.5, 0.6) is 5.75 Å². The second-order valence-corrected chi connectivity index (χ2v) is 7.70. The highest BCUT2D eigenvalue weighted by Gasteiger charge is 2.25. The smallest absolute Gasteiger partial charge is 0.303 e. The van der Waals surface area contributed by atoms with E-state index in [2.05, 4.69) is 5.32 Å². The van der Waals surface area contributed by atoms with Crippen LogP contribution in [0.25, 0.3) is 0 Å². The number of methoxy groups -OCH3 is 1. The first-order chi connectivity index (χ1) is 12.2. The van der Waals surface area contributed by atoms with Gasteiger partial charge in [0.15, 0.2) is 0 Å². The number of benzene rings is 1. The lowest BCUT2D eigenvalue weighted by Gasteiger charge is -2.20. The molecule has 146 valence electrons. The van der Waals surface area contributed by atoms with E-state index >= 15 is 0 Å². The number of hydrogen-bond donors (Lipinski definition) is 2. The van der Waals surface area contributed by atoms with E-state index in [1.165, 1.54) is 29.6 Å². The molecule has 0 aromatic heterocycles. The lowest BCUT2D eigenvalue weighted by molar-refractivity contribution is -0.137. The number of ether oxygens (including phenoxy) is 1. The molecule has 0 saturated heterocycles. The van der Waals surface area contributed by atoms with Gasteiger partial charge in [0, 0.05) is 25.6 Å². The van der Waals surface area contributed by atoms with Crippen LogP contribution in [0.2, 0.25) is 0 Å². The van der Waals surface area contributed by atoms with Gasteiger partial charge in [-0.05, 0) is 31.5 Å². The van der Waals surface area contributed by atoms with Crippen molar-refractivity contribution in [3.63, 3.8) is 0 Å². The van der Waals surface area contributed by atoms with Crippen LogP contribution in [-0.4, -0.2) is 55.9 Å². The third kappa shape index (κ3) is 5.43. The Morgan fingerprint density at radius 3 is 2.38 bits per heavy atom. The zero-order valence-electron chi connectivity index (χ0n) is 15.5. The van der Waals surface area contributed by atoms with Gasteiger partial charge in [0.05, 0.1) is 17.6 Å². The number of amides is 1. The largest absolute Gasteiger partial charge is 0.496 e. The molecule has 1 amide bonds. The van der Waals surface area contributed by atoms with Crippen molar-refractivity contribution in [2.75, 3.05) is 20.2 Å². The number of carboxylic acids is 1. The summed E-state index contributed by atoms with van der Waals surface area (Å²) in [6, 6.07) is 3.74. The molecule has 0 fully saturated rings. The van der Waals surface area contributed by atoms with Crippen LogP contribution in [0.4, 0.5) is 0 Å². The van der Waals surface area contributed by atoms with E-state index in [9.17, 15) is 18.0 Å². The molecule has 8 nitrogen and oxygen atoms in total. The third-order valence-electron chi connectivity index (χ3n) is 3.93. The molecule has 2 N–H and O–H groups in total. The molecular formula is C17H26N2O6S. The van der Waals surface area contributed by atoms with Crippen molar-refractivity contribution in [3.05, 3.63) is 23.8 Å². The Hall–Kier alpha value is -2.13. The molecule has 1 unspecified atom stereocenters. The fraction of sp³-hybridized carbons (Fsp3) is 0.529. The monoisotopic (exact) mass is 386 g/mol. The summed E-state index contributed by atoms with van der Waals surface area (Å²) in [5, 5.41) is 11.4. The number of carboxylic acid groups (broad SMARTS) is 1. The van der Waals surface area contributed by atoms with Gasteiger partial charge in [0.25, 0.3) is 5.91 Å². The molecule has 1 rings (SSSR count). The van der Waals surface area contributed by atoms with Crippen molar-refractivity contribution >= 4 is 21.9 Å². The maximum atomic E-state index is 12.7. The molecule has 0 aliphatic heterocycles. The molecular weight excluding hydrogens is 360 g/mol. The van der Waals surface area contributed by atoms with E-state index in [1.54, 1.807) is 20.8 Å². The van der Waals surface area contributed by atoms with E-state index in [0.717, 1.165) is 0 Å². The molecule has 0 aliphatic rings. The summed E-state index contributed by atoms with van der Waals surface area (Å²) in [6.45, 7) is 5.80. The minimum Gasteiger partial charge on any atom is -0.496 e. The number of nitrogens with zero attached hydrogens (tertiary/aromatic N) is 1. The van der Waals surface area contributed by atoms with Crippen LogP contribution in [0, 0.1) is 0 Å². The van der Waals surface area contributed by atoms with Gasteiger partial charge < -0.3 is 15.2 Å². The van der Waals surface area contributed by atoms with Crippen molar-refractivity contribution in [3.8, 4) is 5.75 Å². The number of carbonyl (C=O) groups is 2. The van der Waals surface area contributed by atoms with Crippen LogP contribution in [-0.2, 0) is 14.8 Å². The minimum absolute atomic E-state index is 0.00494. The van der Waals surface area contributed by atoms with Gasteiger partial charge in [-0.2, -0.15) is 4.31 Å². The summed E-state index contributed by atoms with van der Waals surface area (Å²) >= 11 is 0. The predicted molar refractivity (Wildman–Crippen MR) is 96.9 cm³/mol. The molecule has 0 radical (unpaired) electrons. The molecule has 0 saturated carbocycles. The first-order valence-electron chi connectivity index (χ1n) is 8.38. The number of hydrogen-bond acceptors (Lipinski definition) is 5. The first kappa shape index (κ1) is 21.9. The van der Waals surface area contributed by atoms with Crippen LogP contribution in [0.3, 0.4) is 0 Å². The molecule has 26 heavy (non-hydrogen) atoms. The summed E-state index contributed by atoms with van der Waals surface area (Å²) in [5.74, 6) is -1.22. The maximum Gasteiger partial charge on any atom is 0.303 e. The number of aliphatic carboxylic acids is 1. The zero-order valence-corrected chi connectivity index (χ0v) is 16.3. The van der Waals surface area contributed by atoms with E-state index in [1.807, 2.05) is 0 Å². The molecule has 0 aliphatic carbocycles. The SMILES string of the molecule is CCN(CC)S(=O)(=O)c1ccc(OC)c(C(=O)NC(C)CCC(=O)O)c1. The van der Waals surface area contributed by atoms with Gasteiger partial charge in [-0.1, -0.05) is 13.8 Å². The van der Waals surface area contributed by atoms with Crippen LogP contribution < -0.4 is 10.1 Å². The van der Waals surface area contributed by atoms with E-state index in [-0.39, 0.29) is 35.1 Å². The molecule has 1 atom stereocenters. The Morgan fingerprint density at radius 2 is 1.88 bits per heavy atom. The normalized spacial score (nSPS) is 12.7. The molecule has 0 spiro atoms. The van der Waals surface area contributed by atoms with Gasteiger partial charge in [-0.25, -0.2) is 8.42 Å². The fourth-order valence-electron chi connectivity index (χ4n) is 2.45. The van der Waals surface area contributed by atoms with Gasteiger partial charge in [-0.15, -0.1) is 0 Å². The second-order valence-electron chi connectivity index (χ2n) is 5.76. The second kappa shape index (κ2) is 9.54. The summed E-state index contributed by atoms with van der Waals surface area (Å²) < 4.78 is 31.8. The third-order valence-corrected chi connectivity index (χ3v) is 5.97. The van der Waals surface area contributed by atoms with Crippen LogP contribution in [0.15, 0.2) is 23.1 Å². The minimum atomic E-state index is -3.71. The van der Waals surface area contributed by atoms with Gasteiger partial charge in [-0.3, -0.25) is 9.59 Å². The van der Waals surface area contributed by atoms with Crippen molar-refractivity contribution in [1.29, 1.82) is 0 Å². The number of carbonyl (C=O) groups excluding carboxylic acids is 1. The quantitative estimate of drug-likeness (QED) is 0.633. The average molecular weight is 386 g/mol. The first-order valence-corrected chi connectivity index (χ1v) is 9.82. The summed E-state index contributed by atoms with van der Waals surface area (Å²) in [5.41, 5.74) is 0.0860. The summed E-state index contributed by atoms with van der Waals surface area (Å²) in [4.78, 5) is 23.2. The fourth-order valence-corrected chi connectivity index (χ4v) is 3.94. The standard InChI is InChI=1S/C17H26N2O6S/c1-5-19(6-2)26(23,24)13-8-9-15(25-4)14(11-13)17(22)18-12(3)7-10-16(20)21/h8-9,11-12H,5-7,10H2,1-4H3,(H,18,22)(H,20,21). The molecule has 9 heteroatoms. The lowest BCUT2D eigenvalue weighted by Crippen LogP contribution is -2.34. The number of rotatable bonds is 10. The van der Waals surface area contributed by atoms with Gasteiger partial charge in [0.2, 0.25) is 10.0 Å². The summed E-state index contributed by atoms with van der Waals surface area (Å²) in [6.07, 6.45) is 0.190. The van der Waals surface area contributed by atoms with Gasteiger partial charge >= 0.3 is 5.97 Å². The van der Waals surface area contributed by atoms with E-state index in [4.69, 9.17) is 9.84 Å². The summed E-state index contributed by atoms with van der Waals surface area (Å²) in [7, 11) is -2.32. The lowest BCUT2D eigenvalue weighted by atomic mass is 10.1. The molecule has 1 aromatic carbocycles. The van der Waals surface area contributed by atoms with Crippen LogP contribution >= 0.6 is 0 Å². The maximum absolute atomic E-state index is 12.7. The molecule has 0 bridgehead atoms. The van der Waals surface area contributed by atoms with Crippen molar-refractivity contribution in [1.82, 2.24) is 9.62 Å². The Labute approximate surface area is 154 Å². The topological polar surface area (TPSA) is 113 Å². The highest BCUT2D eigenvalue weighted by atomic mass is 32.2. The van der Waals surface area contributed by atoms with E-state index in [0.29, 0.717) is 13.1 Å². The Bertz CT molecular complexity index is 744. The van der Waals surface area contributed by atoms with E-state index < -0.39 is 21.9 Å². The molecule has 1 aromatic rings. The Balaban J connectivity index is 3.14. The van der Waals surface area contributed by atoms with Gasteiger partial charge in [0.1, 0.15) is 5.75 Å². The van der Waals surface area contributed by atoms with Crippen LogP contribution in [0.1, 0.15) is 44.0 Å². The highest BCUT2D eigenvalue weighted by molar-refractivity contribution is 7.89. The molecule has 0 heterocycles. The zero-order chi connectivity index (χ0) is 19.9.